The molecule has 5 nitrogen and oxygen atoms in total. The normalized spacial score (nSPS) is 29.5. The van der Waals surface area contributed by atoms with Crippen molar-refractivity contribution >= 4 is 5.82 Å². The topological polar surface area (TPSA) is 60.0 Å². The van der Waals surface area contributed by atoms with E-state index in [4.69, 9.17) is 10.8 Å². The van der Waals surface area contributed by atoms with Crippen molar-refractivity contribution in [1.82, 2.24) is 19.7 Å². The third-order valence-corrected chi connectivity index (χ3v) is 7.46. The zero-order chi connectivity index (χ0) is 21.2. The summed E-state index contributed by atoms with van der Waals surface area (Å²) in [6.07, 6.45) is 1.56. The molecule has 3 aliphatic rings. The largest absolute Gasteiger partial charge is 0.419 e. The number of aromatic nitrogens is 3. The van der Waals surface area contributed by atoms with Crippen molar-refractivity contribution in [3.63, 3.8) is 0 Å². The molecule has 2 saturated carbocycles. The summed E-state index contributed by atoms with van der Waals surface area (Å²) in [5.41, 5.74) is 6.65. The first-order valence-electron chi connectivity index (χ1n) is 10.9. The van der Waals surface area contributed by atoms with Gasteiger partial charge in [0.1, 0.15) is 5.82 Å². The van der Waals surface area contributed by atoms with E-state index in [9.17, 15) is 13.2 Å². The van der Waals surface area contributed by atoms with E-state index >= 15 is 0 Å². The number of anilines is 1. The van der Waals surface area contributed by atoms with Crippen LogP contribution in [0.25, 0.3) is 11.3 Å². The van der Waals surface area contributed by atoms with E-state index in [1.54, 1.807) is 0 Å². The maximum atomic E-state index is 13.3. The molecule has 0 bridgehead atoms. The van der Waals surface area contributed by atoms with E-state index in [0.717, 1.165) is 18.5 Å². The first-order valence-corrected chi connectivity index (χ1v) is 10.9. The Morgan fingerprint density at radius 2 is 1.90 bits per heavy atom. The molecule has 3 atom stereocenters. The molecular weight excluding hydrogens is 391 g/mol. The zero-order valence-corrected chi connectivity index (χ0v) is 17.4. The smallest absolute Gasteiger partial charge is 0.383 e. The summed E-state index contributed by atoms with van der Waals surface area (Å²) in [5, 5.41) is 4.73. The number of nitrogen functional groups attached to an aromatic ring is 1. The summed E-state index contributed by atoms with van der Waals surface area (Å²) >= 11 is 0. The van der Waals surface area contributed by atoms with Gasteiger partial charge >= 0.3 is 6.18 Å². The van der Waals surface area contributed by atoms with Crippen LogP contribution in [0.5, 0.6) is 0 Å². The van der Waals surface area contributed by atoms with Crippen LogP contribution < -0.4 is 5.73 Å². The van der Waals surface area contributed by atoms with Crippen molar-refractivity contribution in [1.29, 1.82) is 0 Å². The highest BCUT2D eigenvalue weighted by Gasteiger charge is 2.59. The molecule has 3 fully saturated rings. The highest BCUT2D eigenvalue weighted by atomic mass is 19.4. The quantitative estimate of drug-likeness (QED) is 0.762. The second-order valence-electron chi connectivity index (χ2n) is 9.18. The SMILES string of the molecule is CCC(C)n1nc(-c2cnc(N)c(C(F)(F)F)c2)cc1C1C2CC(N3CCC3)CC21. The van der Waals surface area contributed by atoms with E-state index in [2.05, 4.69) is 23.7 Å². The molecule has 2 N–H and O–H groups in total. The molecular formula is C22H28F3N5. The first-order chi connectivity index (χ1) is 14.3. The molecule has 2 aromatic heterocycles. The van der Waals surface area contributed by atoms with Gasteiger partial charge in [-0.1, -0.05) is 6.92 Å². The van der Waals surface area contributed by atoms with Gasteiger partial charge in [-0.2, -0.15) is 18.3 Å². The molecule has 3 heterocycles. The average molecular weight is 419 g/mol. The number of likely N-dealkylation sites (tertiary alicyclic amines) is 1. The molecule has 0 radical (unpaired) electrons. The second kappa shape index (κ2) is 6.97. The lowest BCUT2D eigenvalue weighted by molar-refractivity contribution is -0.137. The summed E-state index contributed by atoms with van der Waals surface area (Å²) in [7, 11) is 0. The van der Waals surface area contributed by atoms with Crippen molar-refractivity contribution in [3.05, 3.63) is 29.6 Å². The fourth-order valence-corrected chi connectivity index (χ4v) is 5.42. The van der Waals surface area contributed by atoms with E-state index in [1.807, 2.05) is 10.7 Å². The fraction of sp³-hybridized carbons (Fsp3) is 0.636. The third kappa shape index (κ3) is 3.20. The molecule has 8 heteroatoms. The Morgan fingerprint density at radius 1 is 1.20 bits per heavy atom. The number of alkyl halides is 3. The molecule has 30 heavy (non-hydrogen) atoms. The van der Waals surface area contributed by atoms with Crippen molar-refractivity contribution in [2.24, 2.45) is 11.8 Å². The predicted octanol–water partition coefficient (Wildman–Crippen LogP) is 4.71. The Hall–Kier alpha value is -2.09. The van der Waals surface area contributed by atoms with Gasteiger partial charge in [0.2, 0.25) is 0 Å². The number of hydrogen-bond acceptors (Lipinski definition) is 4. The molecule has 0 amide bonds. The molecule has 162 valence electrons. The zero-order valence-electron chi connectivity index (χ0n) is 17.4. The summed E-state index contributed by atoms with van der Waals surface area (Å²) in [5.74, 6) is 1.33. The summed E-state index contributed by atoms with van der Waals surface area (Å²) in [4.78, 5) is 6.39. The standard InChI is InChI=1S/C22H28F3N5/c1-3-12(2)30-19(20-15-8-14(9-16(15)20)29-5-4-6-29)10-18(28-30)13-7-17(22(23,24)25)21(26)27-11-13/h7,10-12,14-16,20H,3-6,8-9H2,1-2H3,(H2,26,27). The molecule has 5 rings (SSSR count). The van der Waals surface area contributed by atoms with Gasteiger partial charge in [-0.3, -0.25) is 4.68 Å². The van der Waals surface area contributed by atoms with Gasteiger partial charge in [0.25, 0.3) is 0 Å². The predicted molar refractivity (Wildman–Crippen MR) is 109 cm³/mol. The van der Waals surface area contributed by atoms with Gasteiger partial charge in [-0.25, -0.2) is 4.98 Å². The van der Waals surface area contributed by atoms with Gasteiger partial charge < -0.3 is 10.6 Å². The molecule has 3 unspecified atom stereocenters. The molecule has 2 aromatic rings. The lowest BCUT2D eigenvalue weighted by Gasteiger charge is -2.37. The van der Waals surface area contributed by atoms with Crippen LogP contribution in [0.4, 0.5) is 19.0 Å². The Bertz CT molecular complexity index is 937. The first kappa shape index (κ1) is 19.8. The number of hydrogen-bond donors (Lipinski definition) is 1. The van der Waals surface area contributed by atoms with Crippen LogP contribution in [-0.2, 0) is 6.18 Å². The van der Waals surface area contributed by atoms with Crippen molar-refractivity contribution in [2.75, 3.05) is 18.8 Å². The molecule has 1 aliphatic heterocycles. The Balaban J connectivity index is 1.44. The minimum Gasteiger partial charge on any atom is -0.383 e. The monoisotopic (exact) mass is 419 g/mol. The number of rotatable bonds is 5. The molecule has 0 spiro atoms. The fourth-order valence-electron chi connectivity index (χ4n) is 5.42. The van der Waals surface area contributed by atoms with Crippen LogP contribution in [0, 0.1) is 11.8 Å². The van der Waals surface area contributed by atoms with E-state index in [-0.39, 0.29) is 6.04 Å². The summed E-state index contributed by atoms with van der Waals surface area (Å²) < 4.78 is 41.9. The van der Waals surface area contributed by atoms with Crippen molar-refractivity contribution in [2.45, 2.75) is 63.7 Å². The van der Waals surface area contributed by atoms with Gasteiger partial charge in [-0.05, 0) is 69.7 Å². The minimum atomic E-state index is -4.53. The van der Waals surface area contributed by atoms with Gasteiger partial charge in [0.15, 0.2) is 0 Å². The maximum Gasteiger partial charge on any atom is 0.419 e. The highest BCUT2D eigenvalue weighted by Crippen LogP contribution is 2.64. The van der Waals surface area contributed by atoms with Crippen LogP contribution in [-0.4, -0.2) is 38.8 Å². The molecule has 0 aromatic carbocycles. The number of pyridine rings is 1. The maximum absolute atomic E-state index is 13.3. The van der Waals surface area contributed by atoms with Crippen molar-refractivity contribution in [3.8, 4) is 11.3 Å². The van der Waals surface area contributed by atoms with Crippen LogP contribution in [0.15, 0.2) is 18.3 Å². The Labute approximate surface area is 174 Å². The minimum absolute atomic E-state index is 0.199. The second-order valence-corrected chi connectivity index (χ2v) is 9.18. The van der Waals surface area contributed by atoms with E-state index in [0.29, 0.717) is 29.0 Å². The summed E-state index contributed by atoms with van der Waals surface area (Å²) in [6.45, 7) is 6.68. The number of nitrogens with zero attached hydrogens (tertiary/aromatic N) is 4. The lowest BCUT2D eigenvalue weighted by Crippen LogP contribution is -2.44. The van der Waals surface area contributed by atoms with E-state index in [1.165, 1.54) is 44.2 Å². The van der Waals surface area contributed by atoms with E-state index < -0.39 is 17.6 Å². The molecule has 1 saturated heterocycles. The van der Waals surface area contributed by atoms with Crippen LogP contribution in [0.2, 0.25) is 0 Å². The lowest BCUT2D eigenvalue weighted by atomic mass is 10.00. The average Bonchev–Trinajstić information content (AvgIpc) is 3.01. The highest BCUT2D eigenvalue weighted by molar-refractivity contribution is 5.63. The Morgan fingerprint density at radius 3 is 2.47 bits per heavy atom. The van der Waals surface area contributed by atoms with Crippen LogP contribution in [0.1, 0.15) is 62.7 Å². The van der Waals surface area contributed by atoms with Gasteiger partial charge in [0, 0.05) is 35.5 Å². The number of nitrogens with two attached hydrogens (primary N) is 1. The summed E-state index contributed by atoms with van der Waals surface area (Å²) in [6, 6.07) is 3.98. The molecule has 2 aliphatic carbocycles. The number of fused-ring (bicyclic) bond motifs is 1. The van der Waals surface area contributed by atoms with Crippen LogP contribution >= 0.6 is 0 Å². The van der Waals surface area contributed by atoms with Crippen LogP contribution in [0.3, 0.4) is 0 Å². The van der Waals surface area contributed by atoms with Gasteiger partial charge in [-0.15, -0.1) is 0 Å². The van der Waals surface area contributed by atoms with Gasteiger partial charge in [0.05, 0.1) is 11.3 Å². The number of halogens is 3. The Kier molecular flexibility index (Phi) is 4.61. The third-order valence-electron chi connectivity index (χ3n) is 7.46. The van der Waals surface area contributed by atoms with Crippen molar-refractivity contribution < 1.29 is 13.2 Å².